The van der Waals surface area contributed by atoms with Crippen LogP contribution in [-0.2, 0) is 14.8 Å². The average molecular weight is 293 g/mol. The van der Waals surface area contributed by atoms with Crippen molar-refractivity contribution in [3.63, 3.8) is 0 Å². The van der Waals surface area contributed by atoms with Crippen molar-refractivity contribution in [3.8, 4) is 0 Å². The zero-order valence-electron chi connectivity index (χ0n) is 10.9. The van der Waals surface area contributed by atoms with E-state index in [4.69, 9.17) is 5.11 Å². The summed E-state index contributed by atoms with van der Waals surface area (Å²) >= 11 is 0. The van der Waals surface area contributed by atoms with E-state index in [1.807, 2.05) is 0 Å². The van der Waals surface area contributed by atoms with Crippen molar-refractivity contribution < 1.29 is 23.1 Å². The maximum atomic E-state index is 11.6. The minimum absolute atomic E-state index is 0.0163. The Labute approximate surface area is 112 Å². The molecule has 0 aromatic heterocycles. The van der Waals surface area contributed by atoms with Crippen molar-refractivity contribution in [3.05, 3.63) is 0 Å². The zero-order valence-corrected chi connectivity index (χ0v) is 11.7. The maximum absolute atomic E-state index is 11.6. The normalized spacial score (nSPS) is 17.7. The molecule has 0 bridgehead atoms. The van der Waals surface area contributed by atoms with Gasteiger partial charge in [-0.2, -0.15) is 0 Å². The second-order valence-electron chi connectivity index (χ2n) is 4.69. The largest absolute Gasteiger partial charge is 0.481 e. The molecule has 1 saturated heterocycles. The molecule has 9 heteroatoms. The van der Waals surface area contributed by atoms with Crippen LogP contribution in [0, 0.1) is 11.8 Å². The number of likely N-dealkylation sites (tertiary alicyclic amines) is 1. The Morgan fingerprint density at radius 3 is 2.42 bits per heavy atom. The predicted octanol–water partition coefficient (Wildman–Crippen LogP) is -1.10. The molecular formula is C10H19N3O5S. The number of urea groups is 1. The molecule has 1 unspecified atom stereocenters. The highest BCUT2D eigenvalue weighted by Crippen LogP contribution is 2.23. The van der Waals surface area contributed by atoms with Crippen LogP contribution in [0.25, 0.3) is 0 Å². The quantitative estimate of drug-likeness (QED) is 0.537. The van der Waals surface area contributed by atoms with Crippen LogP contribution in [0.1, 0.15) is 6.92 Å². The van der Waals surface area contributed by atoms with Gasteiger partial charge in [0, 0.05) is 32.1 Å². The Hall–Kier alpha value is -1.35. The molecule has 0 saturated carbocycles. The molecular weight excluding hydrogens is 274 g/mol. The highest BCUT2D eigenvalue weighted by atomic mass is 32.2. The summed E-state index contributed by atoms with van der Waals surface area (Å²) in [5, 5.41) is 11.4. The van der Waals surface area contributed by atoms with E-state index in [0.29, 0.717) is 13.1 Å². The van der Waals surface area contributed by atoms with E-state index < -0.39 is 21.9 Å². The Morgan fingerprint density at radius 2 is 1.95 bits per heavy atom. The number of sulfonamides is 1. The van der Waals surface area contributed by atoms with E-state index in [9.17, 15) is 18.0 Å². The molecule has 1 rings (SSSR count). The molecule has 8 nitrogen and oxygen atoms in total. The van der Waals surface area contributed by atoms with Gasteiger partial charge in [-0.05, 0) is 0 Å². The first kappa shape index (κ1) is 15.7. The smallest absolute Gasteiger partial charge is 0.317 e. The van der Waals surface area contributed by atoms with Gasteiger partial charge in [0.25, 0.3) is 0 Å². The minimum Gasteiger partial charge on any atom is -0.481 e. The number of nitrogens with one attached hydrogen (secondary N) is 2. The van der Waals surface area contributed by atoms with Crippen LogP contribution in [0.5, 0.6) is 0 Å². The lowest BCUT2D eigenvalue weighted by Gasteiger charge is -2.41. The first-order valence-electron chi connectivity index (χ1n) is 5.91. The average Bonchev–Trinajstić information content (AvgIpc) is 2.20. The number of carbonyl (C=O) groups is 2. The molecule has 1 aliphatic rings. The van der Waals surface area contributed by atoms with Crippen molar-refractivity contribution in [1.82, 2.24) is 14.9 Å². The summed E-state index contributed by atoms with van der Waals surface area (Å²) < 4.78 is 23.8. The SMILES string of the molecule is CC(C(=O)O)C1CN(C(=O)NCCNS(C)(=O)=O)C1. The summed E-state index contributed by atoms with van der Waals surface area (Å²) in [6, 6.07) is -0.302. The summed E-state index contributed by atoms with van der Waals surface area (Å²) in [5.74, 6) is -1.34. The van der Waals surface area contributed by atoms with Crippen molar-refractivity contribution in [2.75, 3.05) is 32.4 Å². The number of carbonyl (C=O) groups excluding carboxylic acids is 1. The maximum Gasteiger partial charge on any atom is 0.317 e. The van der Waals surface area contributed by atoms with E-state index in [1.165, 1.54) is 4.90 Å². The van der Waals surface area contributed by atoms with Crippen LogP contribution < -0.4 is 10.0 Å². The molecule has 0 aromatic rings. The third-order valence-electron chi connectivity index (χ3n) is 3.06. The van der Waals surface area contributed by atoms with Gasteiger partial charge in [-0.25, -0.2) is 17.9 Å². The molecule has 1 aliphatic heterocycles. The number of hydrogen-bond donors (Lipinski definition) is 3. The zero-order chi connectivity index (χ0) is 14.6. The van der Waals surface area contributed by atoms with Crippen LogP contribution in [0.4, 0.5) is 4.79 Å². The van der Waals surface area contributed by atoms with Gasteiger partial charge in [-0.3, -0.25) is 4.79 Å². The van der Waals surface area contributed by atoms with E-state index in [2.05, 4.69) is 10.0 Å². The molecule has 1 heterocycles. The molecule has 1 fully saturated rings. The standard InChI is InChI=1S/C10H19N3O5S/c1-7(9(14)15)8-5-13(6-8)10(16)11-3-4-12-19(2,17)18/h7-8,12H,3-6H2,1-2H3,(H,11,16)(H,14,15). The van der Waals surface area contributed by atoms with Gasteiger partial charge >= 0.3 is 12.0 Å². The first-order valence-corrected chi connectivity index (χ1v) is 7.80. The summed E-state index contributed by atoms with van der Waals surface area (Å²) in [6.45, 7) is 2.78. The van der Waals surface area contributed by atoms with Crippen LogP contribution >= 0.6 is 0 Å². The Balaban J connectivity index is 2.18. The molecule has 0 radical (unpaired) electrons. The summed E-state index contributed by atoms with van der Waals surface area (Å²) in [4.78, 5) is 23.8. The van der Waals surface area contributed by atoms with Crippen LogP contribution in [0.3, 0.4) is 0 Å². The molecule has 0 aliphatic carbocycles. The monoisotopic (exact) mass is 293 g/mol. The van der Waals surface area contributed by atoms with E-state index in [-0.39, 0.29) is 25.0 Å². The van der Waals surface area contributed by atoms with Crippen molar-refractivity contribution in [1.29, 1.82) is 0 Å². The fourth-order valence-corrected chi connectivity index (χ4v) is 2.19. The minimum atomic E-state index is -3.24. The molecule has 3 N–H and O–H groups in total. The summed E-state index contributed by atoms with van der Waals surface area (Å²) in [7, 11) is -3.24. The van der Waals surface area contributed by atoms with Crippen molar-refractivity contribution in [2.24, 2.45) is 11.8 Å². The second-order valence-corrected chi connectivity index (χ2v) is 6.52. The van der Waals surface area contributed by atoms with Gasteiger partial charge in [0.1, 0.15) is 0 Å². The number of carboxylic acids is 1. The Bertz CT molecular complexity index is 444. The van der Waals surface area contributed by atoms with Crippen LogP contribution in [0.15, 0.2) is 0 Å². The number of aliphatic carboxylic acids is 1. The van der Waals surface area contributed by atoms with Gasteiger partial charge in [0.15, 0.2) is 0 Å². The molecule has 110 valence electrons. The molecule has 19 heavy (non-hydrogen) atoms. The second kappa shape index (κ2) is 6.20. The molecule has 2 amide bonds. The summed E-state index contributed by atoms with van der Waals surface area (Å²) in [5.41, 5.74) is 0. The highest BCUT2D eigenvalue weighted by Gasteiger charge is 2.36. The lowest BCUT2D eigenvalue weighted by molar-refractivity contribution is -0.144. The van der Waals surface area contributed by atoms with Gasteiger partial charge < -0.3 is 15.3 Å². The Morgan fingerprint density at radius 1 is 1.37 bits per heavy atom. The first-order chi connectivity index (χ1) is 8.70. The number of carboxylic acid groups (broad SMARTS) is 1. The van der Waals surface area contributed by atoms with Crippen molar-refractivity contribution >= 4 is 22.0 Å². The van der Waals surface area contributed by atoms with Gasteiger partial charge in [-0.15, -0.1) is 0 Å². The van der Waals surface area contributed by atoms with E-state index in [0.717, 1.165) is 6.26 Å². The predicted molar refractivity (Wildman–Crippen MR) is 68.1 cm³/mol. The third kappa shape index (κ3) is 5.03. The molecule has 0 aromatic carbocycles. The van der Waals surface area contributed by atoms with Gasteiger partial charge in [0.2, 0.25) is 10.0 Å². The molecule has 0 spiro atoms. The number of amides is 2. The van der Waals surface area contributed by atoms with Crippen LogP contribution in [0.2, 0.25) is 0 Å². The lowest BCUT2D eigenvalue weighted by Crippen LogP contribution is -2.57. The van der Waals surface area contributed by atoms with E-state index in [1.54, 1.807) is 6.92 Å². The fourth-order valence-electron chi connectivity index (χ4n) is 1.71. The van der Waals surface area contributed by atoms with E-state index >= 15 is 0 Å². The Kier molecular flexibility index (Phi) is 5.12. The number of nitrogens with zero attached hydrogens (tertiary/aromatic N) is 1. The lowest BCUT2D eigenvalue weighted by atomic mass is 9.87. The van der Waals surface area contributed by atoms with Gasteiger partial charge in [0.05, 0.1) is 12.2 Å². The topological polar surface area (TPSA) is 116 Å². The number of hydrogen-bond acceptors (Lipinski definition) is 4. The van der Waals surface area contributed by atoms with Gasteiger partial charge in [-0.1, -0.05) is 6.92 Å². The highest BCUT2D eigenvalue weighted by molar-refractivity contribution is 7.88. The van der Waals surface area contributed by atoms with Crippen LogP contribution in [-0.4, -0.2) is 62.9 Å². The number of rotatable bonds is 6. The molecule has 1 atom stereocenters. The fraction of sp³-hybridized carbons (Fsp3) is 0.800. The third-order valence-corrected chi connectivity index (χ3v) is 3.79. The van der Waals surface area contributed by atoms with Crippen molar-refractivity contribution in [2.45, 2.75) is 6.92 Å². The summed E-state index contributed by atoms with van der Waals surface area (Å²) in [6.07, 6.45) is 1.04.